The molecule has 32 heavy (non-hydrogen) atoms. The molecule has 1 aliphatic rings. The van der Waals surface area contributed by atoms with Gasteiger partial charge in [0.25, 0.3) is 5.91 Å². The molecule has 1 amide bonds. The monoisotopic (exact) mass is 426 g/mol. The summed E-state index contributed by atoms with van der Waals surface area (Å²) in [5, 5.41) is 6.95. The van der Waals surface area contributed by atoms with Gasteiger partial charge in [-0.15, -0.1) is 0 Å². The molecule has 1 aliphatic heterocycles. The molecule has 1 unspecified atom stereocenters. The molecule has 2 N–H and O–H groups in total. The number of benzene rings is 3. The molecule has 0 aliphatic carbocycles. The van der Waals surface area contributed by atoms with E-state index in [4.69, 9.17) is 9.57 Å². The Balaban J connectivity index is 1.13. The van der Waals surface area contributed by atoms with Crippen molar-refractivity contribution in [3.8, 4) is 16.9 Å². The van der Waals surface area contributed by atoms with Crippen molar-refractivity contribution in [2.45, 2.75) is 12.5 Å². The van der Waals surface area contributed by atoms with Crippen molar-refractivity contribution in [2.75, 3.05) is 13.2 Å². The highest BCUT2D eigenvalue weighted by Gasteiger charge is 2.23. The van der Waals surface area contributed by atoms with Crippen molar-refractivity contribution < 1.29 is 14.4 Å². The molecule has 0 radical (unpaired) electrons. The number of hydrogen-bond acceptors (Lipinski definition) is 5. The van der Waals surface area contributed by atoms with E-state index in [1.807, 2.05) is 66.7 Å². The highest BCUT2D eigenvalue weighted by Crippen LogP contribution is 2.30. The first-order chi connectivity index (χ1) is 15.8. The van der Waals surface area contributed by atoms with Crippen molar-refractivity contribution >= 4 is 22.7 Å². The number of oxime groups is 1. The number of aromatic amines is 1. The summed E-state index contributed by atoms with van der Waals surface area (Å²) >= 11 is 0. The number of rotatable bonds is 7. The number of carbonyl (C=O) groups is 1. The first-order valence-corrected chi connectivity index (χ1v) is 10.5. The summed E-state index contributed by atoms with van der Waals surface area (Å²) in [7, 11) is 0. The minimum Gasteiger partial charge on any atom is -0.489 e. The number of H-pyrrole nitrogens is 1. The number of ether oxygens (including phenoxy) is 1. The Morgan fingerprint density at radius 3 is 2.69 bits per heavy atom. The summed E-state index contributed by atoms with van der Waals surface area (Å²) in [5.74, 6) is 0.803. The third kappa shape index (κ3) is 4.32. The van der Waals surface area contributed by atoms with Crippen LogP contribution in [0.15, 0.2) is 84.0 Å². The van der Waals surface area contributed by atoms with E-state index < -0.39 is 0 Å². The van der Waals surface area contributed by atoms with Crippen molar-refractivity contribution in [2.24, 2.45) is 5.16 Å². The average molecular weight is 426 g/mol. The molecule has 5 rings (SSSR count). The number of carbonyl (C=O) groups excluding carboxylic acids is 1. The van der Waals surface area contributed by atoms with Crippen LogP contribution in [-0.4, -0.2) is 40.8 Å². The van der Waals surface area contributed by atoms with Crippen molar-refractivity contribution in [1.82, 2.24) is 15.3 Å². The van der Waals surface area contributed by atoms with Gasteiger partial charge in [-0.2, -0.15) is 0 Å². The zero-order valence-electron chi connectivity index (χ0n) is 17.3. The van der Waals surface area contributed by atoms with Gasteiger partial charge in [-0.25, -0.2) is 4.98 Å². The SMILES string of the molecule is O=C(NCC1=NOC(COc2ccccc2-c2ccccc2)C1)c1nc2ccccc2[nH]1. The predicted molar refractivity (Wildman–Crippen MR) is 123 cm³/mol. The van der Waals surface area contributed by atoms with Crippen LogP contribution in [0.4, 0.5) is 0 Å². The molecule has 0 spiro atoms. The zero-order valence-corrected chi connectivity index (χ0v) is 17.3. The van der Waals surface area contributed by atoms with E-state index in [2.05, 4.69) is 32.6 Å². The molecule has 1 aromatic heterocycles. The molecule has 7 heteroatoms. The van der Waals surface area contributed by atoms with Gasteiger partial charge in [0.1, 0.15) is 12.4 Å². The van der Waals surface area contributed by atoms with Crippen molar-refractivity contribution in [3.63, 3.8) is 0 Å². The molecule has 1 atom stereocenters. The number of nitrogens with zero attached hydrogens (tertiary/aromatic N) is 2. The fourth-order valence-electron chi connectivity index (χ4n) is 3.64. The second-order valence-corrected chi connectivity index (χ2v) is 7.55. The van der Waals surface area contributed by atoms with Crippen LogP contribution < -0.4 is 10.1 Å². The molecule has 3 aromatic carbocycles. The Morgan fingerprint density at radius 2 is 1.81 bits per heavy atom. The smallest absolute Gasteiger partial charge is 0.287 e. The van der Waals surface area contributed by atoms with Crippen molar-refractivity contribution in [1.29, 1.82) is 0 Å². The summed E-state index contributed by atoms with van der Waals surface area (Å²) in [4.78, 5) is 25.3. The summed E-state index contributed by atoms with van der Waals surface area (Å²) in [6, 6.07) is 25.6. The van der Waals surface area contributed by atoms with E-state index in [0.29, 0.717) is 19.6 Å². The largest absolute Gasteiger partial charge is 0.489 e. The second kappa shape index (κ2) is 8.93. The maximum Gasteiger partial charge on any atom is 0.287 e. The highest BCUT2D eigenvalue weighted by atomic mass is 16.7. The Kier molecular flexibility index (Phi) is 5.53. The van der Waals surface area contributed by atoms with Crippen LogP contribution in [0, 0.1) is 0 Å². The number of imidazole rings is 1. The third-order valence-electron chi connectivity index (χ3n) is 5.25. The molecule has 0 saturated heterocycles. The topological polar surface area (TPSA) is 88.6 Å². The fourth-order valence-corrected chi connectivity index (χ4v) is 3.64. The number of hydrogen-bond donors (Lipinski definition) is 2. The lowest BCUT2D eigenvalue weighted by Crippen LogP contribution is -2.30. The molecule has 160 valence electrons. The van der Waals surface area contributed by atoms with Crippen LogP contribution in [0.2, 0.25) is 0 Å². The Bertz CT molecular complexity index is 1230. The zero-order chi connectivity index (χ0) is 21.8. The van der Waals surface area contributed by atoms with E-state index in [-0.39, 0.29) is 17.8 Å². The van der Waals surface area contributed by atoms with Gasteiger partial charge in [0, 0.05) is 12.0 Å². The number of aromatic nitrogens is 2. The summed E-state index contributed by atoms with van der Waals surface area (Å²) in [6.07, 6.45) is 0.394. The molecule has 0 fully saturated rings. The molecule has 7 nitrogen and oxygen atoms in total. The predicted octanol–water partition coefficient (Wildman–Crippen LogP) is 4.18. The number of para-hydroxylation sites is 3. The lowest BCUT2D eigenvalue weighted by atomic mass is 10.0. The van der Waals surface area contributed by atoms with Gasteiger partial charge >= 0.3 is 0 Å². The summed E-state index contributed by atoms with van der Waals surface area (Å²) in [6.45, 7) is 0.668. The quantitative estimate of drug-likeness (QED) is 0.464. The number of amides is 1. The minimum atomic E-state index is -0.277. The van der Waals surface area contributed by atoms with Gasteiger partial charge in [0.15, 0.2) is 11.9 Å². The Labute approximate surface area is 185 Å². The third-order valence-corrected chi connectivity index (χ3v) is 5.25. The van der Waals surface area contributed by atoms with Gasteiger partial charge in [-0.3, -0.25) is 4.79 Å². The van der Waals surface area contributed by atoms with E-state index >= 15 is 0 Å². The molecule has 0 bridgehead atoms. The minimum absolute atomic E-state index is 0.197. The van der Waals surface area contributed by atoms with E-state index in [9.17, 15) is 4.79 Å². The van der Waals surface area contributed by atoms with Gasteiger partial charge < -0.3 is 19.9 Å². The summed E-state index contributed by atoms with van der Waals surface area (Å²) in [5.41, 5.74) is 4.48. The first kappa shape index (κ1) is 19.8. The maximum atomic E-state index is 12.4. The lowest BCUT2D eigenvalue weighted by Gasteiger charge is -2.14. The highest BCUT2D eigenvalue weighted by molar-refractivity contribution is 5.97. The first-order valence-electron chi connectivity index (χ1n) is 10.5. The van der Waals surface area contributed by atoms with E-state index in [1.54, 1.807) is 0 Å². The van der Waals surface area contributed by atoms with E-state index in [1.165, 1.54) is 0 Å². The molecule has 4 aromatic rings. The van der Waals surface area contributed by atoms with E-state index in [0.717, 1.165) is 33.6 Å². The van der Waals surface area contributed by atoms with Crippen LogP contribution in [0.3, 0.4) is 0 Å². The fraction of sp³-hybridized carbons (Fsp3) is 0.160. The second-order valence-electron chi connectivity index (χ2n) is 7.55. The normalized spacial score (nSPS) is 15.2. The van der Waals surface area contributed by atoms with Gasteiger partial charge in [-0.05, 0) is 23.8 Å². The maximum absolute atomic E-state index is 12.4. The standard InChI is InChI=1S/C25H22N4O3/c30-25(24-27-21-11-5-6-12-22(21)28-24)26-15-18-14-19(32-29-18)16-31-23-13-7-4-10-20(23)17-8-2-1-3-9-17/h1-13,19H,14-16H2,(H,26,30)(H,27,28). The van der Waals surface area contributed by atoms with Crippen LogP contribution >= 0.6 is 0 Å². The number of fused-ring (bicyclic) bond motifs is 1. The van der Waals surface area contributed by atoms with Crippen LogP contribution in [0.5, 0.6) is 5.75 Å². The average Bonchev–Trinajstić information content (AvgIpc) is 3.49. The van der Waals surface area contributed by atoms with Gasteiger partial charge in [0.2, 0.25) is 0 Å². The van der Waals surface area contributed by atoms with Crippen LogP contribution in [0.25, 0.3) is 22.2 Å². The van der Waals surface area contributed by atoms with Crippen LogP contribution in [-0.2, 0) is 4.84 Å². The molecular weight excluding hydrogens is 404 g/mol. The summed E-state index contributed by atoms with van der Waals surface area (Å²) < 4.78 is 6.05. The molecule has 0 saturated carbocycles. The molecule has 2 heterocycles. The van der Waals surface area contributed by atoms with Crippen molar-refractivity contribution in [3.05, 3.63) is 84.7 Å². The lowest BCUT2D eigenvalue weighted by molar-refractivity contribution is 0.0472. The van der Waals surface area contributed by atoms with Gasteiger partial charge in [-0.1, -0.05) is 65.8 Å². The number of nitrogens with one attached hydrogen (secondary N) is 2. The van der Waals surface area contributed by atoms with Gasteiger partial charge in [0.05, 0.1) is 23.3 Å². The molecular formula is C25H22N4O3. The van der Waals surface area contributed by atoms with Crippen LogP contribution in [0.1, 0.15) is 17.0 Å². The Morgan fingerprint density at radius 1 is 1.03 bits per heavy atom. The Hall–Kier alpha value is -4.13.